The largest absolute Gasteiger partial charge is 0.466 e. The Balaban J connectivity index is 3.27. The first-order chi connectivity index (χ1) is 9.70. The summed E-state index contributed by atoms with van der Waals surface area (Å²) in [6.07, 6.45) is 5.88. The lowest BCUT2D eigenvalue weighted by Crippen LogP contribution is -2.08. The lowest BCUT2D eigenvalue weighted by molar-refractivity contribution is -0.146. The molecule has 0 N–H and O–H groups in total. The third kappa shape index (κ3) is 14.1. The molecule has 4 nitrogen and oxygen atoms in total. The van der Waals surface area contributed by atoms with Crippen molar-refractivity contribution >= 4 is 37.2 Å². The van der Waals surface area contributed by atoms with Gasteiger partial charge in [0.25, 0.3) is 0 Å². The van der Waals surface area contributed by atoms with Crippen LogP contribution in [-0.4, -0.2) is 36.7 Å². The lowest BCUT2D eigenvalue weighted by atomic mass is 10.2. The molecule has 0 aromatic heterocycles. The van der Waals surface area contributed by atoms with Crippen LogP contribution in [0.5, 0.6) is 0 Å². The van der Waals surface area contributed by atoms with Gasteiger partial charge in [-0.2, -0.15) is 25.3 Å². The first-order valence-corrected chi connectivity index (χ1v) is 8.50. The van der Waals surface area contributed by atoms with Gasteiger partial charge in [-0.05, 0) is 50.0 Å². The number of hydrogen-bond donors (Lipinski definition) is 2. The van der Waals surface area contributed by atoms with Crippen LogP contribution in [0, 0.1) is 0 Å². The van der Waals surface area contributed by atoms with Crippen molar-refractivity contribution in [3.8, 4) is 0 Å². The highest BCUT2D eigenvalue weighted by atomic mass is 32.1. The number of esters is 2. The summed E-state index contributed by atoms with van der Waals surface area (Å²) in [6, 6.07) is 0. The van der Waals surface area contributed by atoms with Crippen LogP contribution >= 0.6 is 25.3 Å². The van der Waals surface area contributed by atoms with E-state index in [0.717, 1.165) is 50.0 Å². The Morgan fingerprint density at radius 1 is 0.650 bits per heavy atom. The van der Waals surface area contributed by atoms with E-state index >= 15 is 0 Å². The van der Waals surface area contributed by atoms with Crippen molar-refractivity contribution in [3.05, 3.63) is 0 Å². The third-order valence-corrected chi connectivity index (χ3v) is 3.28. The highest BCUT2D eigenvalue weighted by Gasteiger charge is 2.03. The van der Waals surface area contributed by atoms with Gasteiger partial charge in [-0.3, -0.25) is 9.59 Å². The Hall–Kier alpha value is -0.360. The Morgan fingerprint density at radius 3 is 1.40 bits per heavy atom. The topological polar surface area (TPSA) is 52.6 Å². The van der Waals surface area contributed by atoms with E-state index < -0.39 is 0 Å². The van der Waals surface area contributed by atoms with Crippen molar-refractivity contribution in [2.45, 2.75) is 51.4 Å². The van der Waals surface area contributed by atoms with Crippen molar-refractivity contribution in [2.75, 3.05) is 24.7 Å². The molecule has 118 valence electrons. The van der Waals surface area contributed by atoms with Gasteiger partial charge in [-0.15, -0.1) is 0 Å². The summed E-state index contributed by atoms with van der Waals surface area (Å²) in [6.45, 7) is 0.799. The number of rotatable bonds is 13. The number of carbonyl (C=O) groups excluding carboxylic acids is 2. The predicted octanol–water partition coefficient (Wildman–Crippen LogP) is 3.05. The summed E-state index contributed by atoms with van der Waals surface area (Å²) in [5, 5.41) is 0. The standard InChI is InChI=1S/C14H26O4S2/c15-13(7-1-5-11-19)17-9-3-4-10-18-14(16)8-2-6-12-20/h19-20H,1-12H2. The molecule has 6 heteroatoms. The highest BCUT2D eigenvalue weighted by molar-refractivity contribution is 7.80. The van der Waals surface area contributed by atoms with Crippen molar-refractivity contribution in [2.24, 2.45) is 0 Å². The van der Waals surface area contributed by atoms with Gasteiger partial charge >= 0.3 is 11.9 Å². The van der Waals surface area contributed by atoms with E-state index in [0.29, 0.717) is 26.1 Å². The summed E-state index contributed by atoms with van der Waals surface area (Å²) in [4.78, 5) is 22.5. The Bertz CT molecular complexity index is 234. The number of hydrogen-bond acceptors (Lipinski definition) is 6. The molecule has 0 aromatic carbocycles. The second kappa shape index (κ2) is 15.0. The number of carbonyl (C=O) groups is 2. The van der Waals surface area contributed by atoms with Crippen LogP contribution in [0.1, 0.15) is 51.4 Å². The van der Waals surface area contributed by atoms with Crippen LogP contribution in [-0.2, 0) is 19.1 Å². The van der Waals surface area contributed by atoms with Crippen molar-refractivity contribution < 1.29 is 19.1 Å². The maximum Gasteiger partial charge on any atom is 0.305 e. The highest BCUT2D eigenvalue weighted by Crippen LogP contribution is 2.02. The Kier molecular flexibility index (Phi) is 14.8. The van der Waals surface area contributed by atoms with Gasteiger partial charge in [0.1, 0.15) is 0 Å². The molecule has 0 aliphatic rings. The first kappa shape index (κ1) is 19.6. The van der Waals surface area contributed by atoms with E-state index in [4.69, 9.17) is 9.47 Å². The molecule has 0 spiro atoms. The zero-order chi connectivity index (χ0) is 15.1. The molecule has 0 aromatic rings. The quantitative estimate of drug-likeness (QED) is 0.311. The summed E-state index contributed by atoms with van der Waals surface area (Å²) in [5.74, 6) is 1.28. The molecule has 0 fully saturated rings. The number of thiol groups is 2. The molecule has 0 rings (SSSR count). The fraction of sp³-hybridized carbons (Fsp3) is 0.857. The van der Waals surface area contributed by atoms with Crippen LogP contribution in [0.2, 0.25) is 0 Å². The molecule has 20 heavy (non-hydrogen) atoms. The second-order valence-electron chi connectivity index (χ2n) is 4.51. The van der Waals surface area contributed by atoms with E-state index in [1.807, 2.05) is 0 Å². The molecule has 0 amide bonds. The second-order valence-corrected chi connectivity index (χ2v) is 5.40. The van der Waals surface area contributed by atoms with Gasteiger partial charge in [0.05, 0.1) is 13.2 Å². The summed E-state index contributed by atoms with van der Waals surface area (Å²) < 4.78 is 10.1. The molecular formula is C14H26O4S2. The minimum absolute atomic E-state index is 0.157. The zero-order valence-corrected chi connectivity index (χ0v) is 13.8. The van der Waals surface area contributed by atoms with Crippen LogP contribution in [0.25, 0.3) is 0 Å². The molecule has 0 unspecified atom stereocenters. The van der Waals surface area contributed by atoms with Gasteiger partial charge in [-0.25, -0.2) is 0 Å². The van der Waals surface area contributed by atoms with Crippen LogP contribution < -0.4 is 0 Å². The first-order valence-electron chi connectivity index (χ1n) is 7.23. The average molecular weight is 322 g/mol. The van der Waals surface area contributed by atoms with E-state index in [1.54, 1.807) is 0 Å². The van der Waals surface area contributed by atoms with Gasteiger partial charge in [0.2, 0.25) is 0 Å². The third-order valence-electron chi connectivity index (χ3n) is 2.64. The average Bonchev–Trinajstić information content (AvgIpc) is 2.43. The molecule has 0 aliphatic heterocycles. The predicted molar refractivity (Wildman–Crippen MR) is 86.6 cm³/mol. The van der Waals surface area contributed by atoms with Crippen molar-refractivity contribution in [1.29, 1.82) is 0 Å². The minimum Gasteiger partial charge on any atom is -0.466 e. The Morgan fingerprint density at radius 2 is 1.05 bits per heavy atom. The molecule has 0 saturated carbocycles. The molecule has 0 saturated heterocycles. The van der Waals surface area contributed by atoms with Crippen LogP contribution in [0.15, 0.2) is 0 Å². The molecule has 0 aliphatic carbocycles. The summed E-state index contributed by atoms with van der Waals surface area (Å²) >= 11 is 8.16. The van der Waals surface area contributed by atoms with E-state index in [2.05, 4.69) is 25.3 Å². The molecule has 0 radical (unpaired) electrons. The maximum atomic E-state index is 11.3. The van der Waals surface area contributed by atoms with Crippen LogP contribution in [0.4, 0.5) is 0 Å². The van der Waals surface area contributed by atoms with Gasteiger partial charge in [0, 0.05) is 12.8 Å². The van der Waals surface area contributed by atoms with Gasteiger partial charge < -0.3 is 9.47 Å². The van der Waals surface area contributed by atoms with Crippen molar-refractivity contribution in [1.82, 2.24) is 0 Å². The fourth-order valence-electron chi connectivity index (χ4n) is 1.48. The fourth-order valence-corrected chi connectivity index (χ4v) is 1.93. The zero-order valence-electron chi connectivity index (χ0n) is 12.0. The summed E-state index contributed by atoms with van der Waals surface area (Å²) in [5.41, 5.74) is 0. The number of ether oxygens (including phenoxy) is 2. The lowest BCUT2D eigenvalue weighted by Gasteiger charge is -2.06. The normalized spacial score (nSPS) is 10.3. The molecule has 0 atom stereocenters. The van der Waals surface area contributed by atoms with Gasteiger partial charge in [0.15, 0.2) is 0 Å². The SMILES string of the molecule is O=C(CCCCS)OCCCCOC(=O)CCCCS. The van der Waals surface area contributed by atoms with E-state index in [-0.39, 0.29) is 11.9 Å². The van der Waals surface area contributed by atoms with Crippen LogP contribution in [0.3, 0.4) is 0 Å². The van der Waals surface area contributed by atoms with E-state index in [9.17, 15) is 9.59 Å². The van der Waals surface area contributed by atoms with Gasteiger partial charge in [-0.1, -0.05) is 0 Å². The smallest absolute Gasteiger partial charge is 0.305 e. The summed E-state index contributed by atoms with van der Waals surface area (Å²) in [7, 11) is 0. The van der Waals surface area contributed by atoms with E-state index in [1.165, 1.54) is 0 Å². The Labute approximate surface area is 132 Å². The molecule has 0 heterocycles. The van der Waals surface area contributed by atoms with Crippen molar-refractivity contribution in [3.63, 3.8) is 0 Å². The maximum absolute atomic E-state index is 11.3. The molecule has 0 bridgehead atoms. The number of unbranched alkanes of at least 4 members (excludes halogenated alkanes) is 3. The molecular weight excluding hydrogens is 296 g/mol. The monoisotopic (exact) mass is 322 g/mol. The minimum atomic E-state index is -0.157.